The van der Waals surface area contributed by atoms with E-state index < -0.39 is 20.2 Å². The second-order valence-electron chi connectivity index (χ2n) is 18.3. The fourth-order valence-electron chi connectivity index (χ4n) is 8.85. The van der Waals surface area contributed by atoms with Gasteiger partial charge in [-0.2, -0.15) is 0 Å². The number of aromatic nitrogens is 2. The van der Waals surface area contributed by atoms with Crippen LogP contribution in [0, 0.1) is 5.92 Å². The van der Waals surface area contributed by atoms with Gasteiger partial charge < -0.3 is 34.3 Å². The molecule has 0 spiro atoms. The van der Waals surface area contributed by atoms with Gasteiger partial charge in [0.2, 0.25) is 5.56 Å². The van der Waals surface area contributed by atoms with Gasteiger partial charge in [0.1, 0.15) is 5.75 Å². The SMILES string of the molecule is CC(C)(C)[Si](C)(C)O[C@@H](CNCCc1ccc2c(c1)oc(=O)n2CC=Cc1ccc(-c2ccccc2)c(N(C(=O)O)[C@H]2CN3CCC2CC3)c1)c1ccc(O)c2[nH]c(=O)ccc12. The number of aromatic hydroxyl groups is 1. The number of hydrogen-bond acceptors (Lipinski definition) is 8. The molecule has 4 N–H and O–H groups in total. The molecule has 2 bridgehead atoms. The zero-order chi connectivity index (χ0) is 43.8. The van der Waals surface area contributed by atoms with E-state index in [0.29, 0.717) is 47.7 Å². The molecule has 324 valence electrons. The van der Waals surface area contributed by atoms with Crippen LogP contribution in [0.15, 0.2) is 111 Å². The number of carbonyl (C=O) groups is 1. The summed E-state index contributed by atoms with van der Waals surface area (Å²) in [6.45, 7) is 15.2. The molecular formula is C49H57N5O7Si. The van der Waals surface area contributed by atoms with Crippen molar-refractivity contribution in [3.8, 4) is 16.9 Å². The number of phenolic OH excluding ortho intramolecular Hbond substituents is 1. The van der Waals surface area contributed by atoms with Crippen molar-refractivity contribution in [2.45, 2.75) is 76.9 Å². The van der Waals surface area contributed by atoms with E-state index in [0.717, 1.165) is 65.7 Å². The van der Waals surface area contributed by atoms with E-state index in [1.54, 1.807) is 21.6 Å². The van der Waals surface area contributed by atoms with E-state index >= 15 is 0 Å². The number of aromatic amines is 1. The summed E-state index contributed by atoms with van der Waals surface area (Å²) in [5, 5.41) is 25.5. The Morgan fingerprint density at radius 2 is 1.79 bits per heavy atom. The van der Waals surface area contributed by atoms with E-state index in [1.807, 2.05) is 84.9 Å². The minimum Gasteiger partial charge on any atom is -0.506 e. The third-order valence-corrected chi connectivity index (χ3v) is 17.8. The smallest absolute Gasteiger partial charge is 0.420 e. The molecule has 13 heteroatoms. The molecule has 12 nitrogen and oxygen atoms in total. The zero-order valence-corrected chi connectivity index (χ0v) is 37.2. The van der Waals surface area contributed by atoms with E-state index in [2.05, 4.69) is 49.1 Å². The number of piperidine rings is 3. The highest BCUT2D eigenvalue weighted by molar-refractivity contribution is 6.74. The van der Waals surface area contributed by atoms with Crippen molar-refractivity contribution in [2.75, 3.05) is 37.6 Å². The van der Waals surface area contributed by atoms with Gasteiger partial charge in [-0.15, -0.1) is 0 Å². The van der Waals surface area contributed by atoms with Crippen LogP contribution >= 0.6 is 0 Å². The van der Waals surface area contributed by atoms with Crippen LogP contribution in [0.25, 0.3) is 39.2 Å². The van der Waals surface area contributed by atoms with Gasteiger partial charge in [-0.25, -0.2) is 9.59 Å². The van der Waals surface area contributed by atoms with Crippen LogP contribution in [-0.4, -0.2) is 77.8 Å². The summed E-state index contributed by atoms with van der Waals surface area (Å²) >= 11 is 0. The molecule has 3 saturated heterocycles. The summed E-state index contributed by atoms with van der Waals surface area (Å²) in [6.07, 6.45) is 5.24. The van der Waals surface area contributed by atoms with Crippen molar-refractivity contribution in [2.24, 2.45) is 5.92 Å². The predicted octanol–water partition coefficient (Wildman–Crippen LogP) is 9.00. The lowest BCUT2D eigenvalue weighted by molar-refractivity contribution is 0.0838. The first kappa shape index (κ1) is 42.9. The van der Waals surface area contributed by atoms with Crippen LogP contribution in [-0.2, 0) is 17.4 Å². The Morgan fingerprint density at radius 1 is 1.02 bits per heavy atom. The van der Waals surface area contributed by atoms with E-state index in [1.165, 1.54) is 6.07 Å². The maximum Gasteiger partial charge on any atom is 0.420 e. The third kappa shape index (κ3) is 8.94. The van der Waals surface area contributed by atoms with Gasteiger partial charge in [-0.1, -0.05) is 87.5 Å². The number of benzene rings is 4. The molecule has 3 aliphatic heterocycles. The predicted molar refractivity (Wildman–Crippen MR) is 249 cm³/mol. The highest BCUT2D eigenvalue weighted by Gasteiger charge is 2.41. The van der Waals surface area contributed by atoms with Gasteiger partial charge in [0, 0.05) is 36.7 Å². The molecular weight excluding hydrogens is 799 g/mol. The fourth-order valence-corrected chi connectivity index (χ4v) is 10.1. The van der Waals surface area contributed by atoms with Crippen molar-refractivity contribution >= 4 is 48.2 Å². The Bertz CT molecular complexity index is 2730. The molecule has 62 heavy (non-hydrogen) atoms. The van der Waals surface area contributed by atoms with Crippen molar-refractivity contribution in [3.05, 3.63) is 135 Å². The number of oxazole rings is 1. The Morgan fingerprint density at radius 3 is 2.50 bits per heavy atom. The summed E-state index contributed by atoms with van der Waals surface area (Å²) < 4.78 is 14.3. The highest BCUT2D eigenvalue weighted by atomic mass is 28.4. The summed E-state index contributed by atoms with van der Waals surface area (Å²) in [5.74, 6) is -0.116. The number of H-pyrrole nitrogens is 1. The number of rotatable bonds is 14. The van der Waals surface area contributed by atoms with Crippen molar-refractivity contribution in [1.29, 1.82) is 0 Å². The molecule has 5 heterocycles. The number of nitrogens with one attached hydrogen (secondary N) is 2. The largest absolute Gasteiger partial charge is 0.506 e. The van der Waals surface area contributed by atoms with Gasteiger partial charge in [-0.3, -0.25) is 14.3 Å². The molecule has 3 aliphatic rings. The molecule has 9 rings (SSSR count). The first-order chi connectivity index (χ1) is 29.7. The Kier molecular flexibility index (Phi) is 12.2. The topological polar surface area (TPSA) is 153 Å². The molecule has 0 aliphatic carbocycles. The van der Waals surface area contributed by atoms with Gasteiger partial charge in [0.15, 0.2) is 13.9 Å². The van der Waals surface area contributed by atoms with Crippen LogP contribution < -0.4 is 21.5 Å². The molecule has 0 unspecified atom stereocenters. The second kappa shape index (κ2) is 17.6. The normalized spacial score (nSPS) is 18.5. The summed E-state index contributed by atoms with van der Waals surface area (Å²) in [4.78, 5) is 45.1. The molecule has 1 amide bonds. The average Bonchev–Trinajstić information content (AvgIpc) is 3.56. The number of amides is 1. The zero-order valence-electron chi connectivity index (χ0n) is 36.2. The Balaban J connectivity index is 0.970. The van der Waals surface area contributed by atoms with Crippen LogP contribution in [0.4, 0.5) is 10.5 Å². The third-order valence-electron chi connectivity index (χ3n) is 13.3. The van der Waals surface area contributed by atoms with Gasteiger partial charge >= 0.3 is 11.8 Å². The maximum absolute atomic E-state index is 13.2. The van der Waals surface area contributed by atoms with Crippen LogP contribution in [0.1, 0.15) is 56.4 Å². The standard InChI is InChI=1S/C49H57N5O7Si/c1-49(2,3)62(4,5)61-44(37-16-19-42(55)46-38(37)17-20-45(56)51-46)30-50-24-21-33-14-18-39-43(29-33)60-48(59)53(39)25-9-10-32-13-15-36(34-11-7-6-8-12-34)40(28-32)54(47(57)58)41-31-52-26-22-35(41)23-27-52/h6-20,28-29,35,41,44,50,55H,21-27,30-31H2,1-5H3,(H,51,56)(H,57,58)/t41-,44-/m0/s1. The fraction of sp³-hybridized carbons (Fsp3) is 0.367. The second-order valence-corrected chi connectivity index (χ2v) is 23.0. The summed E-state index contributed by atoms with van der Waals surface area (Å²) in [5.41, 5.74) is 6.54. The molecule has 0 saturated carbocycles. The quantitative estimate of drug-likeness (QED) is 0.0621. The molecule has 3 fully saturated rings. The van der Waals surface area contributed by atoms with E-state index in [-0.39, 0.29) is 35.0 Å². The number of fused-ring (bicyclic) bond motifs is 5. The minimum absolute atomic E-state index is 0.0129. The van der Waals surface area contributed by atoms with Gasteiger partial charge in [0.05, 0.1) is 28.9 Å². The Hall–Kier alpha value is -5.73. The first-order valence-electron chi connectivity index (χ1n) is 21.6. The molecule has 4 aromatic carbocycles. The van der Waals surface area contributed by atoms with Crippen LogP contribution in [0.3, 0.4) is 0 Å². The molecule has 2 atom stereocenters. The summed E-state index contributed by atoms with van der Waals surface area (Å²) in [6, 6.07) is 28.3. The number of anilines is 1. The lowest BCUT2D eigenvalue weighted by Gasteiger charge is -2.48. The van der Waals surface area contributed by atoms with Crippen LogP contribution in [0.2, 0.25) is 18.1 Å². The number of carboxylic acid groups (broad SMARTS) is 1. The number of hydrogen-bond donors (Lipinski definition) is 4. The van der Waals surface area contributed by atoms with E-state index in [4.69, 9.17) is 8.84 Å². The molecule has 2 aromatic heterocycles. The number of pyridine rings is 1. The van der Waals surface area contributed by atoms with Crippen molar-refractivity contribution < 1.29 is 23.9 Å². The summed E-state index contributed by atoms with van der Waals surface area (Å²) in [7, 11) is -2.23. The van der Waals surface area contributed by atoms with Crippen molar-refractivity contribution in [1.82, 2.24) is 19.8 Å². The van der Waals surface area contributed by atoms with Crippen LogP contribution in [0.5, 0.6) is 5.75 Å². The average molecular weight is 856 g/mol. The Labute approximate surface area is 362 Å². The number of nitrogens with zero attached hydrogens (tertiary/aromatic N) is 3. The monoisotopic (exact) mass is 855 g/mol. The maximum atomic E-state index is 13.2. The minimum atomic E-state index is -2.23. The van der Waals surface area contributed by atoms with Gasteiger partial charge in [-0.05, 0) is 116 Å². The highest BCUT2D eigenvalue weighted by Crippen LogP contribution is 2.42. The van der Waals surface area contributed by atoms with Gasteiger partial charge in [0.25, 0.3) is 0 Å². The van der Waals surface area contributed by atoms with E-state index in [9.17, 15) is 24.6 Å². The number of allylic oxidation sites excluding steroid dienone is 1. The lowest BCUT2D eigenvalue weighted by atomic mass is 9.82. The lowest BCUT2D eigenvalue weighted by Crippen LogP contribution is -2.59. The number of phenols is 1. The molecule has 6 aromatic rings. The first-order valence-corrected chi connectivity index (χ1v) is 24.5. The van der Waals surface area contributed by atoms with Crippen molar-refractivity contribution in [3.63, 3.8) is 0 Å². The molecule has 0 radical (unpaired) electrons.